The number of rotatable bonds is 3. The highest BCUT2D eigenvalue weighted by Crippen LogP contribution is 2.23. The first-order chi connectivity index (χ1) is 9.65. The van der Waals surface area contributed by atoms with Crippen molar-refractivity contribution in [3.8, 4) is 0 Å². The van der Waals surface area contributed by atoms with Crippen molar-refractivity contribution < 1.29 is 4.79 Å². The van der Waals surface area contributed by atoms with Crippen LogP contribution < -0.4 is 0 Å². The molecule has 2 aromatic carbocycles. The lowest BCUT2D eigenvalue weighted by atomic mass is 10.0. The molecule has 1 N–H and O–H groups in total. The number of hydrogen-bond acceptors (Lipinski definition) is 1. The van der Waals surface area contributed by atoms with E-state index >= 15 is 0 Å². The topological polar surface area (TPSA) is 32.9 Å². The molecule has 0 amide bonds. The Hall–Kier alpha value is -2.06. The molecule has 0 aliphatic carbocycles. The summed E-state index contributed by atoms with van der Waals surface area (Å²) >= 11 is 5.96. The fraction of sp³-hybridized carbons (Fsp3) is 0.118. The Morgan fingerprint density at radius 2 is 1.95 bits per heavy atom. The summed E-state index contributed by atoms with van der Waals surface area (Å²) in [6.45, 7) is 1.94. The zero-order valence-corrected chi connectivity index (χ0v) is 11.9. The lowest BCUT2D eigenvalue weighted by Crippen LogP contribution is -2.04. The second-order valence-corrected chi connectivity index (χ2v) is 5.34. The molecule has 20 heavy (non-hydrogen) atoms. The molecule has 3 rings (SSSR count). The number of Topliss-reactive ketones (excluding diaryl/α,β-unsaturated/α-hetero) is 1. The van der Waals surface area contributed by atoms with Gasteiger partial charge in [0.05, 0.1) is 0 Å². The van der Waals surface area contributed by atoms with E-state index in [9.17, 15) is 4.79 Å². The van der Waals surface area contributed by atoms with Crippen molar-refractivity contribution in [1.82, 2.24) is 4.98 Å². The molecule has 0 unspecified atom stereocenters. The van der Waals surface area contributed by atoms with Crippen molar-refractivity contribution in [2.75, 3.05) is 0 Å². The van der Waals surface area contributed by atoms with Crippen LogP contribution in [0.5, 0.6) is 0 Å². The van der Waals surface area contributed by atoms with Crippen molar-refractivity contribution in [2.24, 2.45) is 0 Å². The Kier molecular flexibility index (Phi) is 3.33. The zero-order chi connectivity index (χ0) is 14.1. The summed E-state index contributed by atoms with van der Waals surface area (Å²) in [4.78, 5) is 15.8. The molecule has 0 saturated carbocycles. The number of hydrogen-bond donors (Lipinski definition) is 1. The second-order valence-electron chi connectivity index (χ2n) is 4.90. The first-order valence-electron chi connectivity index (χ1n) is 6.50. The predicted molar refractivity (Wildman–Crippen MR) is 82.5 cm³/mol. The van der Waals surface area contributed by atoms with Gasteiger partial charge in [-0.1, -0.05) is 41.9 Å². The molecule has 0 bridgehead atoms. The molecule has 0 spiro atoms. The smallest absolute Gasteiger partial charge is 0.169 e. The Balaban J connectivity index is 1.99. The minimum atomic E-state index is 0.113. The van der Waals surface area contributed by atoms with E-state index in [2.05, 4.69) is 4.98 Å². The Morgan fingerprint density at radius 1 is 1.15 bits per heavy atom. The number of H-pyrrole nitrogens is 1. The third kappa shape index (κ3) is 2.35. The van der Waals surface area contributed by atoms with Crippen molar-refractivity contribution >= 4 is 28.3 Å². The van der Waals surface area contributed by atoms with E-state index in [4.69, 9.17) is 11.6 Å². The largest absolute Gasteiger partial charge is 0.358 e. The van der Waals surface area contributed by atoms with Gasteiger partial charge in [-0.2, -0.15) is 0 Å². The number of halogens is 1. The van der Waals surface area contributed by atoms with Gasteiger partial charge in [0.25, 0.3) is 0 Å². The van der Waals surface area contributed by atoms with E-state index in [0.29, 0.717) is 11.4 Å². The summed E-state index contributed by atoms with van der Waals surface area (Å²) in [6, 6.07) is 15.3. The van der Waals surface area contributed by atoms with Crippen molar-refractivity contribution in [3.05, 3.63) is 70.4 Å². The maximum atomic E-state index is 12.6. The molecular formula is C17H14ClNO. The first kappa shape index (κ1) is 12.9. The van der Waals surface area contributed by atoms with Crippen LogP contribution in [0.25, 0.3) is 10.9 Å². The van der Waals surface area contributed by atoms with Crippen LogP contribution in [0.1, 0.15) is 21.6 Å². The summed E-state index contributed by atoms with van der Waals surface area (Å²) in [7, 11) is 0. The number of aryl methyl sites for hydroxylation is 1. The van der Waals surface area contributed by atoms with Gasteiger partial charge in [0, 0.05) is 33.6 Å². The number of carbonyl (C=O) groups is 1. The third-order valence-electron chi connectivity index (χ3n) is 3.43. The summed E-state index contributed by atoms with van der Waals surface area (Å²) in [5.41, 5.74) is 3.63. The average Bonchev–Trinajstić information content (AvgIpc) is 2.74. The maximum Gasteiger partial charge on any atom is 0.169 e. The zero-order valence-electron chi connectivity index (χ0n) is 11.1. The van der Waals surface area contributed by atoms with Gasteiger partial charge < -0.3 is 4.98 Å². The maximum absolute atomic E-state index is 12.6. The molecular weight excluding hydrogens is 270 g/mol. The van der Waals surface area contributed by atoms with Crippen LogP contribution in [0.15, 0.2) is 48.5 Å². The van der Waals surface area contributed by atoms with Crippen molar-refractivity contribution in [1.29, 1.82) is 0 Å². The van der Waals surface area contributed by atoms with Gasteiger partial charge in [0.15, 0.2) is 5.78 Å². The van der Waals surface area contributed by atoms with E-state index in [1.165, 1.54) is 0 Å². The standard InChI is InChI=1S/C17H14ClNO/c1-11-17(14-7-2-3-8-15(14)19-11)16(20)10-12-5-4-6-13(18)9-12/h2-9,19H,10H2,1H3. The van der Waals surface area contributed by atoms with Crippen molar-refractivity contribution in [3.63, 3.8) is 0 Å². The summed E-state index contributed by atoms with van der Waals surface area (Å²) in [6.07, 6.45) is 0.364. The number of aromatic amines is 1. The molecule has 0 radical (unpaired) electrons. The molecule has 100 valence electrons. The van der Waals surface area contributed by atoms with Crippen LogP contribution >= 0.6 is 11.6 Å². The Labute approximate surface area is 122 Å². The van der Waals surface area contributed by atoms with Gasteiger partial charge in [-0.3, -0.25) is 4.79 Å². The fourth-order valence-corrected chi connectivity index (χ4v) is 2.77. The third-order valence-corrected chi connectivity index (χ3v) is 3.66. The molecule has 0 saturated heterocycles. The number of ketones is 1. The minimum Gasteiger partial charge on any atom is -0.358 e. The fourth-order valence-electron chi connectivity index (χ4n) is 2.56. The number of fused-ring (bicyclic) bond motifs is 1. The van der Waals surface area contributed by atoms with Crippen LogP contribution in [0.4, 0.5) is 0 Å². The molecule has 2 nitrogen and oxygen atoms in total. The van der Waals surface area contributed by atoms with Crippen molar-refractivity contribution in [2.45, 2.75) is 13.3 Å². The van der Waals surface area contributed by atoms with Gasteiger partial charge in [-0.05, 0) is 30.7 Å². The highest BCUT2D eigenvalue weighted by Gasteiger charge is 2.16. The van der Waals surface area contributed by atoms with Crippen LogP contribution in [0.2, 0.25) is 5.02 Å². The van der Waals surface area contributed by atoms with Gasteiger partial charge in [-0.15, -0.1) is 0 Å². The monoisotopic (exact) mass is 283 g/mol. The molecule has 3 aromatic rings. The highest BCUT2D eigenvalue weighted by molar-refractivity contribution is 6.30. The number of nitrogens with one attached hydrogen (secondary N) is 1. The van der Waals surface area contributed by atoms with Gasteiger partial charge in [-0.25, -0.2) is 0 Å². The first-order valence-corrected chi connectivity index (χ1v) is 6.88. The second kappa shape index (κ2) is 5.14. The van der Waals surface area contributed by atoms with Crippen LogP contribution in [0, 0.1) is 6.92 Å². The number of carbonyl (C=O) groups excluding carboxylic acids is 1. The van der Waals surface area contributed by atoms with Gasteiger partial charge in [0.1, 0.15) is 0 Å². The molecule has 0 aliphatic heterocycles. The quantitative estimate of drug-likeness (QED) is 0.703. The van der Waals surface area contributed by atoms with Gasteiger partial charge in [0.2, 0.25) is 0 Å². The normalized spacial score (nSPS) is 10.9. The lowest BCUT2D eigenvalue weighted by molar-refractivity contribution is 0.0994. The van der Waals surface area contributed by atoms with E-state index in [-0.39, 0.29) is 5.78 Å². The molecule has 1 aromatic heterocycles. The number of para-hydroxylation sites is 1. The van der Waals surface area contributed by atoms with Gasteiger partial charge >= 0.3 is 0 Å². The summed E-state index contributed by atoms with van der Waals surface area (Å²) in [5, 5.41) is 1.64. The predicted octanol–water partition coefficient (Wildman–Crippen LogP) is 4.56. The number of aromatic nitrogens is 1. The molecule has 0 atom stereocenters. The number of benzene rings is 2. The molecule has 0 aliphatic rings. The summed E-state index contributed by atoms with van der Waals surface area (Å²) < 4.78 is 0. The van der Waals surface area contributed by atoms with E-state index in [1.54, 1.807) is 0 Å². The van der Waals surface area contributed by atoms with E-state index < -0.39 is 0 Å². The van der Waals surface area contributed by atoms with Crippen LogP contribution in [-0.2, 0) is 6.42 Å². The Morgan fingerprint density at radius 3 is 2.75 bits per heavy atom. The summed E-state index contributed by atoms with van der Waals surface area (Å²) in [5.74, 6) is 0.113. The molecule has 3 heteroatoms. The lowest BCUT2D eigenvalue weighted by Gasteiger charge is -2.02. The SMILES string of the molecule is Cc1[nH]c2ccccc2c1C(=O)Cc1cccc(Cl)c1. The highest BCUT2D eigenvalue weighted by atomic mass is 35.5. The van der Waals surface area contributed by atoms with E-state index in [1.807, 2.05) is 55.5 Å². The van der Waals surface area contributed by atoms with E-state index in [0.717, 1.165) is 27.7 Å². The van der Waals surface area contributed by atoms with Crippen LogP contribution in [0.3, 0.4) is 0 Å². The molecule has 1 heterocycles. The minimum absolute atomic E-state index is 0.113. The average molecular weight is 284 g/mol. The Bertz CT molecular complexity index is 789. The molecule has 0 fully saturated rings. The van der Waals surface area contributed by atoms with Crippen LogP contribution in [-0.4, -0.2) is 10.8 Å².